The first-order valence-corrected chi connectivity index (χ1v) is 6.80. The van der Waals surface area contributed by atoms with Crippen molar-refractivity contribution in [3.8, 4) is 0 Å². The summed E-state index contributed by atoms with van der Waals surface area (Å²) in [6, 6.07) is 4.38. The molecule has 2 unspecified atom stereocenters. The van der Waals surface area contributed by atoms with E-state index >= 15 is 0 Å². The summed E-state index contributed by atoms with van der Waals surface area (Å²) in [5.41, 5.74) is 6.94. The zero-order valence-electron chi connectivity index (χ0n) is 11.5. The normalized spacial score (nSPS) is 22.3. The molecule has 2 atom stereocenters. The SMILES string of the molecule is Cc1cc(C(=O)NC2CCCCC2N)ccc1[N+](=O)[O-]. The van der Waals surface area contributed by atoms with E-state index < -0.39 is 4.92 Å². The van der Waals surface area contributed by atoms with Crippen LogP contribution in [0.4, 0.5) is 5.69 Å². The molecule has 0 aliphatic heterocycles. The summed E-state index contributed by atoms with van der Waals surface area (Å²) in [4.78, 5) is 22.5. The van der Waals surface area contributed by atoms with Gasteiger partial charge in [-0.2, -0.15) is 0 Å². The van der Waals surface area contributed by atoms with E-state index in [1.165, 1.54) is 12.1 Å². The number of aryl methyl sites for hydroxylation is 1. The Labute approximate surface area is 117 Å². The Hall–Kier alpha value is -1.95. The Morgan fingerprint density at radius 1 is 1.40 bits per heavy atom. The molecule has 1 aliphatic rings. The van der Waals surface area contributed by atoms with Gasteiger partial charge in [-0.15, -0.1) is 0 Å². The molecule has 1 aromatic carbocycles. The highest BCUT2D eigenvalue weighted by molar-refractivity contribution is 5.95. The number of carbonyl (C=O) groups is 1. The van der Waals surface area contributed by atoms with E-state index in [9.17, 15) is 14.9 Å². The van der Waals surface area contributed by atoms with Crippen molar-refractivity contribution in [1.82, 2.24) is 5.32 Å². The number of nitrogens with two attached hydrogens (primary N) is 1. The Morgan fingerprint density at radius 2 is 2.10 bits per heavy atom. The first-order chi connectivity index (χ1) is 9.49. The van der Waals surface area contributed by atoms with E-state index in [1.807, 2.05) is 0 Å². The molecule has 1 saturated carbocycles. The highest BCUT2D eigenvalue weighted by Crippen LogP contribution is 2.20. The Balaban J connectivity index is 2.09. The minimum absolute atomic E-state index is 0.00755. The first-order valence-electron chi connectivity index (χ1n) is 6.80. The van der Waals surface area contributed by atoms with Gasteiger partial charge in [-0.1, -0.05) is 12.8 Å². The second-order valence-corrected chi connectivity index (χ2v) is 5.29. The van der Waals surface area contributed by atoms with Crippen molar-refractivity contribution in [2.75, 3.05) is 0 Å². The van der Waals surface area contributed by atoms with Crippen LogP contribution in [0.3, 0.4) is 0 Å². The fourth-order valence-electron chi connectivity index (χ4n) is 2.59. The highest BCUT2D eigenvalue weighted by atomic mass is 16.6. The van der Waals surface area contributed by atoms with Crippen molar-refractivity contribution in [3.63, 3.8) is 0 Å². The van der Waals surface area contributed by atoms with Crippen LogP contribution >= 0.6 is 0 Å². The van der Waals surface area contributed by atoms with Gasteiger partial charge < -0.3 is 11.1 Å². The molecule has 0 aromatic heterocycles. The summed E-state index contributed by atoms with van der Waals surface area (Å²) >= 11 is 0. The van der Waals surface area contributed by atoms with Gasteiger partial charge in [0.1, 0.15) is 0 Å². The lowest BCUT2D eigenvalue weighted by Gasteiger charge is -2.29. The molecular formula is C14H19N3O3. The molecule has 0 saturated heterocycles. The number of nitrogens with zero attached hydrogens (tertiary/aromatic N) is 1. The molecule has 0 spiro atoms. The van der Waals surface area contributed by atoms with Crippen molar-refractivity contribution < 1.29 is 9.72 Å². The second kappa shape index (κ2) is 6.00. The Morgan fingerprint density at radius 3 is 2.70 bits per heavy atom. The topological polar surface area (TPSA) is 98.3 Å². The summed E-state index contributed by atoms with van der Waals surface area (Å²) < 4.78 is 0. The maximum absolute atomic E-state index is 12.2. The Kier molecular flexibility index (Phi) is 4.34. The zero-order valence-corrected chi connectivity index (χ0v) is 11.5. The molecular weight excluding hydrogens is 258 g/mol. The third-order valence-electron chi connectivity index (χ3n) is 3.79. The minimum Gasteiger partial charge on any atom is -0.348 e. The molecule has 6 heteroatoms. The first kappa shape index (κ1) is 14.5. The van der Waals surface area contributed by atoms with Crippen LogP contribution in [0.2, 0.25) is 0 Å². The number of nitrogens with one attached hydrogen (secondary N) is 1. The van der Waals surface area contributed by atoms with E-state index in [1.54, 1.807) is 13.0 Å². The van der Waals surface area contributed by atoms with Gasteiger partial charge in [0.2, 0.25) is 0 Å². The predicted molar refractivity (Wildman–Crippen MR) is 75.5 cm³/mol. The van der Waals surface area contributed by atoms with Crippen LogP contribution in [0.25, 0.3) is 0 Å². The average Bonchev–Trinajstić information content (AvgIpc) is 2.40. The number of nitro benzene ring substituents is 1. The van der Waals surface area contributed by atoms with Crippen molar-refractivity contribution in [2.45, 2.75) is 44.7 Å². The number of amides is 1. The molecule has 1 aromatic rings. The van der Waals surface area contributed by atoms with Crippen LogP contribution < -0.4 is 11.1 Å². The summed E-state index contributed by atoms with van der Waals surface area (Å²) in [6.45, 7) is 1.63. The summed E-state index contributed by atoms with van der Waals surface area (Å²) in [5, 5.41) is 13.7. The van der Waals surface area contributed by atoms with E-state index in [0.717, 1.165) is 25.7 Å². The summed E-state index contributed by atoms with van der Waals surface area (Å²) in [7, 11) is 0. The van der Waals surface area contributed by atoms with Crippen LogP contribution in [-0.2, 0) is 0 Å². The Bertz CT molecular complexity index is 530. The standard InChI is InChI=1S/C14H19N3O3/c1-9-8-10(6-7-13(9)17(19)20)14(18)16-12-5-3-2-4-11(12)15/h6-8,11-12H,2-5,15H2,1H3,(H,16,18). The van der Waals surface area contributed by atoms with Gasteiger partial charge in [0.25, 0.3) is 11.6 Å². The van der Waals surface area contributed by atoms with Crippen LogP contribution in [0.5, 0.6) is 0 Å². The molecule has 1 fully saturated rings. The van der Waals surface area contributed by atoms with Gasteiger partial charge in [0, 0.05) is 29.3 Å². The van der Waals surface area contributed by atoms with E-state index in [0.29, 0.717) is 11.1 Å². The largest absolute Gasteiger partial charge is 0.348 e. The minimum atomic E-state index is -0.450. The number of benzene rings is 1. The molecule has 2 rings (SSSR count). The van der Waals surface area contributed by atoms with E-state index in [4.69, 9.17) is 5.73 Å². The number of carbonyl (C=O) groups excluding carboxylic acids is 1. The fraction of sp³-hybridized carbons (Fsp3) is 0.500. The molecule has 6 nitrogen and oxygen atoms in total. The van der Waals surface area contributed by atoms with Gasteiger partial charge in [0.15, 0.2) is 0 Å². The molecule has 0 radical (unpaired) electrons. The molecule has 0 heterocycles. The molecule has 0 bridgehead atoms. The molecule has 20 heavy (non-hydrogen) atoms. The third kappa shape index (κ3) is 3.14. The predicted octanol–water partition coefficient (Wildman–Crippen LogP) is 1.90. The van der Waals surface area contributed by atoms with Crippen LogP contribution in [0.1, 0.15) is 41.6 Å². The number of rotatable bonds is 3. The molecule has 3 N–H and O–H groups in total. The quantitative estimate of drug-likeness (QED) is 0.651. The maximum atomic E-state index is 12.2. The van der Waals surface area contributed by atoms with E-state index in [2.05, 4.69) is 5.32 Å². The number of hydrogen-bond acceptors (Lipinski definition) is 4. The van der Waals surface area contributed by atoms with Crippen molar-refractivity contribution in [3.05, 3.63) is 39.4 Å². The summed E-state index contributed by atoms with van der Waals surface area (Å²) in [5.74, 6) is -0.217. The van der Waals surface area contributed by atoms with Crippen LogP contribution in [0, 0.1) is 17.0 Å². The lowest BCUT2D eigenvalue weighted by molar-refractivity contribution is -0.385. The smallest absolute Gasteiger partial charge is 0.272 e. The molecule has 1 aliphatic carbocycles. The maximum Gasteiger partial charge on any atom is 0.272 e. The average molecular weight is 277 g/mol. The van der Waals surface area contributed by atoms with Gasteiger partial charge in [-0.3, -0.25) is 14.9 Å². The molecule has 108 valence electrons. The van der Waals surface area contributed by atoms with E-state index in [-0.39, 0.29) is 23.7 Å². The van der Waals surface area contributed by atoms with Crippen molar-refractivity contribution in [1.29, 1.82) is 0 Å². The monoisotopic (exact) mass is 277 g/mol. The van der Waals surface area contributed by atoms with Gasteiger partial charge >= 0.3 is 0 Å². The van der Waals surface area contributed by atoms with Crippen LogP contribution in [-0.4, -0.2) is 22.9 Å². The van der Waals surface area contributed by atoms with Crippen molar-refractivity contribution >= 4 is 11.6 Å². The van der Waals surface area contributed by atoms with Gasteiger partial charge in [0.05, 0.1) is 4.92 Å². The number of hydrogen-bond donors (Lipinski definition) is 2. The fourth-order valence-corrected chi connectivity index (χ4v) is 2.59. The zero-order chi connectivity index (χ0) is 14.7. The summed E-state index contributed by atoms with van der Waals surface area (Å²) in [6.07, 6.45) is 3.98. The van der Waals surface area contributed by atoms with Crippen LogP contribution in [0.15, 0.2) is 18.2 Å². The highest BCUT2D eigenvalue weighted by Gasteiger charge is 2.24. The number of nitro groups is 1. The molecule has 1 amide bonds. The lowest BCUT2D eigenvalue weighted by Crippen LogP contribution is -2.49. The second-order valence-electron chi connectivity index (χ2n) is 5.29. The lowest BCUT2D eigenvalue weighted by atomic mass is 9.91. The third-order valence-corrected chi connectivity index (χ3v) is 3.79. The van der Waals surface area contributed by atoms with Gasteiger partial charge in [-0.05, 0) is 31.9 Å². The van der Waals surface area contributed by atoms with Gasteiger partial charge in [-0.25, -0.2) is 0 Å². The van der Waals surface area contributed by atoms with Crippen molar-refractivity contribution in [2.24, 2.45) is 5.73 Å².